The number of hydrogen-bond donors (Lipinski definition) is 1. The summed E-state index contributed by atoms with van der Waals surface area (Å²) in [6.45, 7) is 9.35. The Kier molecular flexibility index (Phi) is 3.94. The first-order valence-corrected chi connectivity index (χ1v) is 5.99. The Bertz CT molecular complexity index is 537. The molecule has 19 heavy (non-hydrogen) atoms. The maximum atomic E-state index is 12.8. The highest BCUT2D eigenvalue weighted by atomic mass is 19.1. The lowest BCUT2D eigenvalue weighted by Crippen LogP contribution is -2.13. The molecule has 1 aromatic rings. The fraction of sp³-hybridized carbons (Fsp3) is 0.286. The van der Waals surface area contributed by atoms with E-state index < -0.39 is 6.17 Å². The van der Waals surface area contributed by atoms with Crippen LogP contribution in [0.1, 0.15) is 23.6 Å². The molecule has 0 saturated carbocycles. The smallest absolute Gasteiger partial charge is 0.240 e. The molecule has 0 radical (unpaired) electrons. The van der Waals surface area contributed by atoms with Gasteiger partial charge in [0.1, 0.15) is 12.8 Å². The Morgan fingerprint density at radius 3 is 3.05 bits per heavy atom. The zero-order valence-corrected chi connectivity index (χ0v) is 10.8. The lowest BCUT2D eigenvalue weighted by Gasteiger charge is -2.10. The van der Waals surface area contributed by atoms with Crippen LogP contribution in [0.15, 0.2) is 35.0 Å². The molecule has 0 saturated heterocycles. The zero-order chi connectivity index (χ0) is 13.8. The van der Waals surface area contributed by atoms with E-state index in [1.807, 2.05) is 18.2 Å². The summed E-state index contributed by atoms with van der Waals surface area (Å²) in [7, 11) is 0. The molecule has 2 rings (SSSR count). The van der Waals surface area contributed by atoms with Crippen LogP contribution < -0.4 is 5.32 Å². The topological polar surface area (TPSA) is 46.0 Å². The van der Waals surface area contributed by atoms with Gasteiger partial charge in [-0.05, 0) is 24.6 Å². The number of benzene rings is 1. The number of alkyl halides is 1. The SMILES string of the molecule is C=N/N=C(\OCC(C)F)c1ccc2c(c1)C(=C)NC2. The van der Waals surface area contributed by atoms with Crippen molar-refractivity contribution in [2.45, 2.75) is 19.6 Å². The Morgan fingerprint density at radius 1 is 1.58 bits per heavy atom. The van der Waals surface area contributed by atoms with Crippen LogP contribution in [-0.2, 0) is 11.3 Å². The van der Waals surface area contributed by atoms with E-state index >= 15 is 0 Å². The lowest BCUT2D eigenvalue weighted by molar-refractivity contribution is 0.200. The van der Waals surface area contributed by atoms with Crippen molar-refractivity contribution in [1.82, 2.24) is 5.32 Å². The third kappa shape index (κ3) is 2.99. The number of halogens is 1. The normalized spacial score (nSPS) is 15.7. The number of nitrogens with zero attached hydrogens (tertiary/aromatic N) is 2. The van der Waals surface area contributed by atoms with Gasteiger partial charge in [0.05, 0.1) is 0 Å². The van der Waals surface area contributed by atoms with Crippen LogP contribution in [0.3, 0.4) is 0 Å². The Balaban J connectivity index is 2.28. The second-order valence-corrected chi connectivity index (χ2v) is 4.34. The summed E-state index contributed by atoms with van der Waals surface area (Å²) in [6.07, 6.45) is -1.07. The number of ether oxygens (including phenoxy) is 1. The highest BCUT2D eigenvalue weighted by Gasteiger charge is 2.16. The van der Waals surface area contributed by atoms with Crippen molar-refractivity contribution >= 4 is 18.3 Å². The molecule has 5 heteroatoms. The van der Waals surface area contributed by atoms with Crippen molar-refractivity contribution in [1.29, 1.82) is 0 Å². The molecule has 0 amide bonds. The van der Waals surface area contributed by atoms with Crippen molar-refractivity contribution in [3.8, 4) is 0 Å². The predicted molar refractivity (Wildman–Crippen MR) is 74.9 cm³/mol. The average Bonchev–Trinajstić information content (AvgIpc) is 2.76. The van der Waals surface area contributed by atoms with Crippen molar-refractivity contribution in [2.75, 3.05) is 6.61 Å². The fourth-order valence-corrected chi connectivity index (χ4v) is 1.87. The van der Waals surface area contributed by atoms with Crippen molar-refractivity contribution in [2.24, 2.45) is 10.2 Å². The molecule has 1 aliphatic rings. The maximum Gasteiger partial charge on any atom is 0.240 e. The molecule has 0 aliphatic carbocycles. The quantitative estimate of drug-likeness (QED) is 0.514. The van der Waals surface area contributed by atoms with Gasteiger partial charge in [0.25, 0.3) is 0 Å². The van der Waals surface area contributed by atoms with E-state index in [1.165, 1.54) is 12.5 Å². The molecule has 0 spiro atoms. The molecular weight excluding hydrogens is 245 g/mol. The molecule has 1 heterocycles. The molecule has 100 valence electrons. The van der Waals surface area contributed by atoms with Crippen molar-refractivity contribution < 1.29 is 9.13 Å². The molecule has 1 aromatic carbocycles. The summed E-state index contributed by atoms with van der Waals surface area (Å²) in [5, 5.41) is 10.4. The van der Waals surface area contributed by atoms with Gasteiger partial charge in [-0.25, -0.2) is 4.39 Å². The van der Waals surface area contributed by atoms with E-state index in [-0.39, 0.29) is 12.5 Å². The lowest BCUT2D eigenvalue weighted by atomic mass is 10.0. The standard InChI is InChI=1S/C14H16FN3O/c1-9(15)8-19-14(18-16-3)11-4-5-12-7-17-10(2)13(12)6-11/h4-6,9,17H,2-3,7-8H2,1H3/b18-14-. The van der Waals surface area contributed by atoms with Crippen LogP contribution in [0.25, 0.3) is 5.70 Å². The van der Waals surface area contributed by atoms with E-state index in [9.17, 15) is 4.39 Å². The van der Waals surface area contributed by atoms with Crippen molar-refractivity contribution in [3.63, 3.8) is 0 Å². The van der Waals surface area contributed by atoms with Gasteiger partial charge in [-0.15, -0.1) is 5.10 Å². The summed E-state index contributed by atoms with van der Waals surface area (Å²) in [5.41, 5.74) is 3.78. The molecule has 4 nitrogen and oxygen atoms in total. The summed E-state index contributed by atoms with van der Waals surface area (Å²) >= 11 is 0. The van der Waals surface area contributed by atoms with Gasteiger partial charge in [-0.1, -0.05) is 12.6 Å². The predicted octanol–water partition coefficient (Wildman–Crippen LogP) is 2.50. The van der Waals surface area contributed by atoms with Gasteiger partial charge in [-0.3, -0.25) is 0 Å². The first-order chi connectivity index (χ1) is 9.11. The van der Waals surface area contributed by atoms with Crippen molar-refractivity contribution in [3.05, 3.63) is 41.5 Å². The zero-order valence-electron chi connectivity index (χ0n) is 10.8. The molecule has 1 aliphatic heterocycles. The van der Waals surface area contributed by atoms with E-state index in [2.05, 4.69) is 28.8 Å². The minimum atomic E-state index is -1.07. The molecule has 0 aromatic heterocycles. The highest BCUT2D eigenvalue weighted by molar-refractivity contribution is 5.95. The summed E-state index contributed by atoms with van der Waals surface area (Å²) < 4.78 is 18.2. The third-order valence-corrected chi connectivity index (χ3v) is 2.79. The summed E-state index contributed by atoms with van der Waals surface area (Å²) in [6, 6.07) is 5.74. The second kappa shape index (κ2) is 5.65. The van der Waals surface area contributed by atoms with E-state index in [0.29, 0.717) is 0 Å². The largest absolute Gasteiger partial charge is 0.473 e. The third-order valence-electron chi connectivity index (χ3n) is 2.79. The molecule has 1 atom stereocenters. The first-order valence-electron chi connectivity index (χ1n) is 5.99. The van der Waals surface area contributed by atoms with E-state index in [4.69, 9.17) is 4.74 Å². The van der Waals surface area contributed by atoms with Crippen LogP contribution in [0.4, 0.5) is 4.39 Å². The summed E-state index contributed by atoms with van der Waals surface area (Å²) in [5.74, 6) is 0.266. The fourth-order valence-electron chi connectivity index (χ4n) is 1.87. The highest BCUT2D eigenvalue weighted by Crippen LogP contribution is 2.24. The maximum absolute atomic E-state index is 12.8. The van der Waals surface area contributed by atoms with Crippen LogP contribution in [0.2, 0.25) is 0 Å². The van der Waals surface area contributed by atoms with E-state index in [0.717, 1.165) is 23.4 Å². The second-order valence-electron chi connectivity index (χ2n) is 4.34. The molecule has 1 N–H and O–H groups in total. The Hall–Kier alpha value is -2.17. The van der Waals surface area contributed by atoms with Gasteiger partial charge in [0, 0.05) is 30.1 Å². The van der Waals surface area contributed by atoms with Gasteiger partial charge in [0.15, 0.2) is 0 Å². The Morgan fingerprint density at radius 2 is 2.37 bits per heavy atom. The Labute approximate surface area is 111 Å². The van der Waals surface area contributed by atoms with Crippen LogP contribution in [-0.4, -0.2) is 25.4 Å². The monoisotopic (exact) mass is 261 g/mol. The first kappa shape index (κ1) is 13.3. The summed E-state index contributed by atoms with van der Waals surface area (Å²) in [4.78, 5) is 0. The van der Waals surface area contributed by atoms with Crippen LogP contribution in [0, 0.1) is 0 Å². The van der Waals surface area contributed by atoms with Crippen LogP contribution in [0.5, 0.6) is 0 Å². The molecular formula is C14H16FN3O. The number of hydrogen-bond acceptors (Lipinski definition) is 4. The van der Waals surface area contributed by atoms with Gasteiger partial charge >= 0.3 is 0 Å². The van der Waals surface area contributed by atoms with Gasteiger partial charge < -0.3 is 10.1 Å². The van der Waals surface area contributed by atoms with Crippen LogP contribution >= 0.6 is 0 Å². The number of rotatable bonds is 4. The average molecular weight is 261 g/mol. The minimum absolute atomic E-state index is 0.0648. The number of nitrogens with one attached hydrogen (secondary N) is 1. The van der Waals surface area contributed by atoms with Gasteiger partial charge in [-0.2, -0.15) is 5.10 Å². The minimum Gasteiger partial charge on any atom is -0.473 e. The molecule has 0 fully saturated rings. The number of fused-ring (bicyclic) bond motifs is 1. The molecule has 0 bridgehead atoms. The molecule has 1 unspecified atom stereocenters. The van der Waals surface area contributed by atoms with E-state index in [1.54, 1.807) is 0 Å². The van der Waals surface area contributed by atoms with Gasteiger partial charge in [0.2, 0.25) is 5.90 Å².